The Kier molecular flexibility index (Phi) is 5.34. The number of rotatable bonds is 4. The van der Waals surface area contributed by atoms with E-state index in [9.17, 15) is 4.79 Å². The molecule has 0 aromatic carbocycles. The van der Waals surface area contributed by atoms with Gasteiger partial charge >= 0.3 is 5.97 Å². The Labute approximate surface area is 141 Å². The molecule has 0 saturated carbocycles. The summed E-state index contributed by atoms with van der Waals surface area (Å²) in [6.45, 7) is 6.67. The molecule has 0 spiro atoms. The van der Waals surface area contributed by atoms with Crippen molar-refractivity contribution in [2.75, 3.05) is 61.5 Å². The molecule has 2 saturated heterocycles. The predicted octanol–water partition coefficient (Wildman–Crippen LogP) is 0.675. The highest BCUT2D eigenvalue weighted by molar-refractivity contribution is 5.73. The topological polar surface area (TPSA) is 93.8 Å². The van der Waals surface area contributed by atoms with Gasteiger partial charge in [-0.05, 0) is 19.8 Å². The molecule has 8 heteroatoms. The molecule has 0 bridgehead atoms. The van der Waals surface area contributed by atoms with Gasteiger partial charge in [0.25, 0.3) is 0 Å². The Morgan fingerprint density at radius 2 is 2.00 bits per heavy atom. The van der Waals surface area contributed by atoms with Crippen LogP contribution >= 0.6 is 0 Å². The van der Waals surface area contributed by atoms with Crippen LogP contribution < -0.4 is 15.5 Å². The number of nitrogens with two attached hydrogens (primary N) is 1. The zero-order valence-corrected chi connectivity index (χ0v) is 14.1. The van der Waals surface area contributed by atoms with Gasteiger partial charge in [0.2, 0.25) is 5.95 Å². The van der Waals surface area contributed by atoms with Crippen molar-refractivity contribution in [1.82, 2.24) is 9.97 Å². The quantitative estimate of drug-likeness (QED) is 0.803. The maximum Gasteiger partial charge on any atom is 0.310 e. The van der Waals surface area contributed by atoms with Gasteiger partial charge in [0, 0.05) is 32.2 Å². The van der Waals surface area contributed by atoms with Crippen molar-refractivity contribution in [3.8, 4) is 0 Å². The summed E-state index contributed by atoms with van der Waals surface area (Å²) in [5.41, 5.74) is 5.92. The summed E-state index contributed by atoms with van der Waals surface area (Å²) in [7, 11) is 0. The molecule has 0 radical (unpaired) electrons. The summed E-state index contributed by atoms with van der Waals surface area (Å²) in [5.74, 6) is 1.61. The number of piperidine rings is 1. The molecule has 3 heterocycles. The van der Waals surface area contributed by atoms with Crippen molar-refractivity contribution >= 4 is 23.6 Å². The largest absolute Gasteiger partial charge is 0.466 e. The number of aromatic nitrogens is 2. The number of nitrogens with zero attached hydrogens (tertiary/aromatic N) is 4. The molecule has 0 amide bonds. The van der Waals surface area contributed by atoms with Crippen LogP contribution in [0.25, 0.3) is 0 Å². The molecule has 1 aromatic heterocycles. The molecule has 2 aliphatic rings. The number of carbonyl (C=O) groups excluding carboxylic acids is 1. The highest BCUT2D eigenvalue weighted by Gasteiger charge is 2.28. The van der Waals surface area contributed by atoms with Crippen molar-refractivity contribution in [3.05, 3.63) is 6.07 Å². The van der Waals surface area contributed by atoms with E-state index < -0.39 is 0 Å². The van der Waals surface area contributed by atoms with Crippen molar-refractivity contribution < 1.29 is 14.3 Å². The minimum absolute atomic E-state index is 0.110. The Balaban J connectivity index is 1.75. The molecule has 1 aromatic rings. The second-order valence-electron chi connectivity index (χ2n) is 6.08. The molecule has 2 fully saturated rings. The van der Waals surface area contributed by atoms with Crippen LogP contribution in [0.1, 0.15) is 19.8 Å². The predicted molar refractivity (Wildman–Crippen MR) is 91.0 cm³/mol. The van der Waals surface area contributed by atoms with Gasteiger partial charge in [-0.25, -0.2) is 0 Å². The van der Waals surface area contributed by atoms with Gasteiger partial charge in [0.05, 0.1) is 25.7 Å². The van der Waals surface area contributed by atoms with Crippen LogP contribution in [0.15, 0.2) is 6.07 Å². The second kappa shape index (κ2) is 7.65. The minimum atomic E-state index is -0.127. The average molecular weight is 335 g/mol. The molecule has 1 atom stereocenters. The van der Waals surface area contributed by atoms with Gasteiger partial charge < -0.3 is 25.0 Å². The smallest absolute Gasteiger partial charge is 0.310 e. The molecule has 0 aliphatic carbocycles. The van der Waals surface area contributed by atoms with Gasteiger partial charge in [-0.2, -0.15) is 9.97 Å². The van der Waals surface area contributed by atoms with E-state index >= 15 is 0 Å². The molecule has 2 N–H and O–H groups in total. The number of anilines is 3. The fourth-order valence-electron chi connectivity index (χ4n) is 3.19. The number of hydrogen-bond acceptors (Lipinski definition) is 8. The third kappa shape index (κ3) is 3.87. The number of morpholine rings is 1. The van der Waals surface area contributed by atoms with E-state index in [1.54, 1.807) is 0 Å². The lowest BCUT2D eigenvalue weighted by Crippen LogP contribution is -2.40. The van der Waals surface area contributed by atoms with E-state index in [-0.39, 0.29) is 17.8 Å². The van der Waals surface area contributed by atoms with Crippen LogP contribution in [0.2, 0.25) is 0 Å². The van der Waals surface area contributed by atoms with Crippen LogP contribution in [0.5, 0.6) is 0 Å². The maximum absolute atomic E-state index is 12.0. The van der Waals surface area contributed by atoms with Crippen LogP contribution in [0.4, 0.5) is 17.6 Å². The Hall–Kier alpha value is -2.09. The third-order valence-corrected chi connectivity index (χ3v) is 4.42. The molecule has 132 valence electrons. The zero-order chi connectivity index (χ0) is 16.9. The van der Waals surface area contributed by atoms with Gasteiger partial charge in [-0.15, -0.1) is 0 Å². The molecule has 24 heavy (non-hydrogen) atoms. The molecule has 0 unspecified atom stereocenters. The van der Waals surface area contributed by atoms with Crippen molar-refractivity contribution in [3.63, 3.8) is 0 Å². The fourth-order valence-corrected chi connectivity index (χ4v) is 3.19. The highest BCUT2D eigenvalue weighted by atomic mass is 16.5. The van der Waals surface area contributed by atoms with Crippen molar-refractivity contribution in [2.45, 2.75) is 19.8 Å². The zero-order valence-electron chi connectivity index (χ0n) is 14.1. The molecular weight excluding hydrogens is 310 g/mol. The number of hydrogen-bond donors (Lipinski definition) is 1. The average Bonchev–Trinajstić information content (AvgIpc) is 2.62. The normalized spacial score (nSPS) is 21.6. The first-order chi connectivity index (χ1) is 11.7. The molecule has 8 nitrogen and oxygen atoms in total. The lowest BCUT2D eigenvalue weighted by atomic mass is 9.98. The highest BCUT2D eigenvalue weighted by Crippen LogP contribution is 2.26. The van der Waals surface area contributed by atoms with Crippen LogP contribution in [-0.2, 0) is 14.3 Å². The summed E-state index contributed by atoms with van der Waals surface area (Å²) in [6, 6.07) is 1.95. The Morgan fingerprint density at radius 1 is 1.29 bits per heavy atom. The summed E-state index contributed by atoms with van der Waals surface area (Å²) in [5, 5.41) is 0. The van der Waals surface area contributed by atoms with Crippen molar-refractivity contribution in [2.24, 2.45) is 5.92 Å². The van der Waals surface area contributed by atoms with E-state index in [2.05, 4.69) is 19.8 Å². The molecular formula is C16H25N5O3. The van der Waals surface area contributed by atoms with Gasteiger partial charge in [-0.3, -0.25) is 4.79 Å². The Bertz CT molecular complexity index is 577. The first-order valence-corrected chi connectivity index (χ1v) is 8.56. The third-order valence-electron chi connectivity index (χ3n) is 4.42. The van der Waals surface area contributed by atoms with E-state index in [1.807, 2.05) is 13.0 Å². The van der Waals surface area contributed by atoms with Crippen LogP contribution in [0.3, 0.4) is 0 Å². The van der Waals surface area contributed by atoms with Gasteiger partial charge in [0.1, 0.15) is 11.6 Å². The first-order valence-electron chi connectivity index (χ1n) is 8.56. The summed E-state index contributed by atoms with van der Waals surface area (Å²) in [4.78, 5) is 25.0. The number of ether oxygens (including phenoxy) is 2. The molecule has 2 aliphatic heterocycles. The van der Waals surface area contributed by atoms with Crippen LogP contribution in [-0.4, -0.2) is 61.9 Å². The van der Waals surface area contributed by atoms with E-state index in [0.717, 1.165) is 44.1 Å². The lowest BCUT2D eigenvalue weighted by Gasteiger charge is -2.33. The van der Waals surface area contributed by atoms with E-state index in [1.165, 1.54) is 0 Å². The number of esters is 1. The summed E-state index contributed by atoms with van der Waals surface area (Å²) in [6.07, 6.45) is 1.78. The first kappa shape index (κ1) is 16.8. The monoisotopic (exact) mass is 335 g/mol. The van der Waals surface area contributed by atoms with Crippen LogP contribution in [0, 0.1) is 5.92 Å². The lowest BCUT2D eigenvalue weighted by molar-refractivity contribution is -0.148. The SMILES string of the molecule is CCOC(=O)[C@@H]1CCCN(c2cc(N3CCOCC3)nc(N)n2)C1. The van der Waals surface area contributed by atoms with Gasteiger partial charge in [-0.1, -0.05) is 0 Å². The Morgan fingerprint density at radius 3 is 2.71 bits per heavy atom. The van der Waals surface area contributed by atoms with Gasteiger partial charge in [0.15, 0.2) is 0 Å². The summed E-state index contributed by atoms with van der Waals surface area (Å²) < 4.78 is 10.5. The number of carbonyl (C=O) groups is 1. The maximum atomic E-state index is 12.0. The van der Waals surface area contributed by atoms with E-state index in [0.29, 0.717) is 26.4 Å². The molecule has 3 rings (SSSR count). The fraction of sp³-hybridized carbons (Fsp3) is 0.688. The second-order valence-corrected chi connectivity index (χ2v) is 6.08. The standard InChI is InChI=1S/C16H25N5O3/c1-2-24-15(22)12-4-3-5-21(11-12)14-10-13(18-16(17)19-14)20-6-8-23-9-7-20/h10,12H,2-9,11H2,1H3,(H2,17,18,19)/t12-/m1/s1. The van der Waals surface area contributed by atoms with Crippen molar-refractivity contribution in [1.29, 1.82) is 0 Å². The minimum Gasteiger partial charge on any atom is -0.466 e. The summed E-state index contributed by atoms with van der Waals surface area (Å²) >= 11 is 0. The number of nitrogen functional groups attached to an aromatic ring is 1. The van der Waals surface area contributed by atoms with E-state index in [4.69, 9.17) is 15.2 Å².